The minimum atomic E-state index is -0.0856. The zero-order valence-electron chi connectivity index (χ0n) is 10.4. The summed E-state index contributed by atoms with van der Waals surface area (Å²) in [7, 11) is 0. The fourth-order valence-corrected chi connectivity index (χ4v) is 1.73. The first-order chi connectivity index (χ1) is 8.04. The van der Waals surface area contributed by atoms with E-state index in [-0.39, 0.29) is 5.54 Å². The van der Waals surface area contributed by atoms with Crippen LogP contribution in [-0.2, 0) is 0 Å². The summed E-state index contributed by atoms with van der Waals surface area (Å²) >= 11 is 0. The van der Waals surface area contributed by atoms with Crippen molar-refractivity contribution in [2.24, 2.45) is 5.73 Å². The Morgan fingerprint density at radius 1 is 1.41 bits per heavy atom. The zero-order chi connectivity index (χ0) is 12.3. The molecular formula is C14H19N3. The van der Waals surface area contributed by atoms with E-state index in [4.69, 9.17) is 5.73 Å². The van der Waals surface area contributed by atoms with Crippen molar-refractivity contribution >= 4 is 17.1 Å². The first-order valence-corrected chi connectivity index (χ1v) is 5.93. The van der Waals surface area contributed by atoms with E-state index in [1.807, 2.05) is 6.07 Å². The smallest absolute Gasteiger partial charge is 0.0931 e. The Hall–Kier alpha value is -1.61. The van der Waals surface area contributed by atoms with E-state index in [0.29, 0.717) is 0 Å². The van der Waals surface area contributed by atoms with Crippen LogP contribution in [0.4, 0.5) is 0 Å². The average Bonchev–Trinajstić information content (AvgIpc) is 2.70. The van der Waals surface area contributed by atoms with Crippen molar-refractivity contribution in [1.29, 1.82) is 0 Å². The molecule has 3 N–H and O–H groups in total. The second-order valence-electron chi connectivity index (χ2n) is 5.11. The van der Waals surface area contributed by atoms with Crippen LogP contribution in [0.2, 0.25) is 0 Å². The maximum absolute atomic E-state index is 5.93. The van der Waals surface area contributed by atoms with Gasteiger partial charge in [0.15, 0.2) is 0 Å². The molecule has 0 radical (unpaired) electrons. The quantitative estimate of drug-likeness (QED) is 0.846. The number of aromatic amines is 1. The fourth-order valence-electron chi connectivity index (χ4n) is 1.73. The molecule has 0 saturated heterocycles. The summed E-state index contributed by atoms with van der Waals surface area (Å²) < 4.78 is 0. The summed E-state index contributed by atoms with van der Waals surface area (Å²) in [4.78, 5) is 7.30. The van der Waals surface area contributed by atoms with Crippen molar-refractivity contribution < 1.29 is 0 Å². The normalized spacial score (nSPS) is 12.6. The van der Waals surface area contributed by atoms with Gasteiger partial charge in [0.25, 0.3) is 0 Å². The van der Waals surface area contributed by atoms with Crippen LogP contribution in [0.1, 0.15) is 32.3 Å². The van der Waals surface area contributed by atoms with E-state index < -0.39 is 0 Å². The molecule has 0 spiro atoms. The number of nitrogens with two attached hydrogens (primary N) is 1. The van der Waals surface area contributed by atoms with Crippen LogP contribution < -0.4 is 5.73 Å². The number of H-pyrrole nitrogens is 1. The standard InChI is InChI=1S/C14H19N3/c1-14(2,15)8-4-3-5-11-6-7-12-13(9-11)17-10-16-12/h3,5-7,9-10H,4,8,15H2,1-2H3,(H,16,17)/b5-3+. The number of hydrogen-bond acceptors (Lipinski definition) is 2. The molecule has 0 fully saturated rings. The van der Waals surface area contributed by atoms with Crippen molar-refractivity contribution in [3.63, 3.8) is 0 Å². The molecule has 0 aliphatic carbocycles. The Balaban J connectivity index is 2.00. The first kappa shape index (κ1) is 11.9. The summed E-state index contributed by atoms with van der Waals surface area (Å²) in [5, 5.41) is 0. The molecule has 0 atom stereocenters. The summed E-state index contributed by atoms with van der Waals surface area (Å²) in [6.07, 6.45) is 8.02. The third-order valence-corrected chi connectivity index (χ3v) is 2.71. The number of aromatic nitrogens is 2. The first-order valence-electron chi connectivity index (χ1n) is 5.93. The molecule has 3 heteroatoms. The van der Waals surface area contributed by atoms with Crippen LogP contribution in [0.5, 0.6) is 0 Å². The lowest BCUT2D eigenvalue weighted by atomic mass is 10.00. The fraction of sp³-hybridized carbons (Fsp3) is 0.357. The summed E-state index contributed by atoms with van der Waals surface area (Å²) in [5.41, 5.74) is 9.11. The molecule has 3 nitrogen and oxygen atoms in total. The molecule has 2 rings (SSSR count). The largest absolute Gasteiger partial charge is 0.345 e. The lowest BCUT2D eigenvalue weighted by Gasteiger charge is -2.16. The third-order valence-electron chi connectivity index (χ3n) is 2.71. The summed E-state index contributed by atoms with van der Waals surface area (Å²) in [6, 6.07) is 6.21. The van der Waals surface area contributed by atoms with Gasteiger partial charge in [0.2, 0.25) is 0 Å². The molecule has 0 bridgehead atoms. The van der Waals surface area contributed by atoms with Crippen LogP contribution in [0.15, 0.2) is 30.6 Å². The summed E-state index contributed by atoms with van der Waals surface area (Å²) in [5.74, 6) is 0. The molecule has 0 aliphatic rings. The number of imidazole rings is 1. The maximum Gasteiger partial charge on any atom is 0.0931 e. The van der Waals surface area contributed by atoms with Crippen molar-refractivity contribution in [3.05, 3.63) is 36.2 Å². The molecule has 1 heterocycles. The topological polar surface area (TPSA) is 54.7 Å². The van der Waals surface area contributed by atoms with Crippen LogP contribution >= 0.6 is 0 Å². The molecule has 0 unspecified atom stereocenters. The number of fused-ring (bicyclic) bond motifs is 1. The Morgan fingerprint density at radius 3 is 3.00 bits per heavy atom. The van der Waals surface area contributed by atoms with Gasteiger partial charge >= 0.3 is 0 Å². The second-order valence-corrected chi connectivity index (χ2v) is 5.11. The van der Waals surface area contributed by atoms with E-state index >= 15 is 0 Å². The highest BCUT2D eigenvalue weighted by Crippen LogP contribution is 2.14. The Labute approximate surface area is 102 Å². The lowest BCUT2D eigenvalue weighted by molar-refractivity contribution is 0.482. The van der Waals surface area contributed by atoms with E-state index in [9.17, 15) is 0 Å². The molecule has 0 amide bonds. The minimum absolute atomic E-state index is 0.0856. The zero-order valence-corrected chi connectivity index (χ0v) is 10.4. The monoisotopic (exact) mass is 229 g/mol. The Kier molecular flexibility index (Phi) is 3.29. The molecule has 0 saturated carbocycles. The van der Waals surface area contributed by atoms with Gasteiger partial charge in [-0.1, -0.05) is 18.2 Å². The molecular weight excluding hydrogens is 210 g/mol. The van der Waals surface area contributed by atoms with Gasteiger partial charge < -0.3 is 10.7 Å². The maximum atomic E-state index is 5.93. The van der Waals surface area contributed by atoms with Gasteiger partial charge in [0.05, 0.1) is 17.4 Å². The predicted molar refractivity (Wildman–Crippen MR) is 72.6 cm³/mol. The Bertz CT molecular complexity index is 517. The van der Waals surface area contributed by atoms with Gasteiger partial charge in [-0.25, -0.2) is 4.98 Å². The summed E-state index contributed by atoms with van der Waals surface area (Å²) in [6.45, 7) is 4.11. The van der Waals surface area contributed by atoms with Crippen molar-refractivity contribution in [3.8, 4) is 0 Å². The molecule has 0 aliphatic heterocycles. The van der Waals surface area contributed by atoms with Crippen LogP contribution in [0.3, 0.4) is 0 Å². The third kappa shape index (κ3) is 3.43. The molecule has 2 aromatic rings. The number of nitrogens with zero attached hydrogens (tertiary/aromatic N) is 1. The van der Waals surface area contributed by atoms with Crippen LogP contribution in [0.25, 0.3) is 17.1 Å². The average molecular weight is 229 g/mol. The molecule has 17 heavy (non-hydrogen) atoms. The SMILES string of the molecule is CC(C)(N)CC/C=C/c1ccc2nc[nH]c2c1. The highest BCUT2D eigenvalue weighted by atomic mass is 14.9. The Morgan fingerprint density at radius 2 is 2.24 bits per heavy atom. The highest BCUT2D eigenvalue weighted by Gasteiger charge is 2.07. The molecule has 90 valence electrons. The van der Waals surface area contributed by atoms with E-state index in [2.05, 4.69) is 48.1 Å². The van der Waals surface area contributed by atoms with E-state index in [1.54, 1.807) is 6.33 Å². The number of rotatable bonds is 4. The van der Waals surface area contributed by atoms with Gasteiger partial charge in [-0.05, 0) is 44.4 Å². The van der Waals surface area contributed by atoms with Crippen molar-refractivity contribution in [2.75, 3.05) is 0 Å². The van der Waals surface area contributed by atoms with Crippen LogP contribution in [-0.4, -0.2) is 15.5 Å². The van der Waals surface area contributed by atoms with Crippen molar-refractivity contribution in [2.45, 2.75) is 32.2 Å². The van der Waals surface area contributed by atoms with Crippen molar-refractivity contribution in [1.82, 2.24) is 9.97 Å². The lowest BCUT2D eigenvalue weighted by Crippen LogP contribution is -2.31. The number of benzene rings is 1. The molecule has 1 aromatic carbocycles. The highest BCUT2D eigenvalue weighted by molar-refractivity contribution is 5.77. The van der Waals surface area contributed by atoms with Gasteiger partial charge in [-0.3, -0.25) is 0 Å². The van der Waals surface area contributed by atoms with Gasteiger partial charge in [-0.15, -0.1) is 0 Å². The van der Waals surface area contributed by atoms with Gasteiger partial charge in [-0.2, -0.15) is 0 Å². The molecule has 1 aromatic heterocycles. The number of hydrogen-bond donors (Lipinski definition) is 2. The van der Waals surface area contributed by atoms with Crippen LogP contribution in [0, 0.1) is 0 Å². The second kappa shape index (κ2) is 4.72. The predicted octanol–water partition coefficient (Wildman–Crippen LogP) is 3.09. The number of allylic oxidation sites excluding steroid dienone is 1. The number of nitrogens with one attached hydrogen (secondary N) is 1. The van der Waals surface area contributed by atoms with E-state index in [1.165, 1.54) is 5.56 Å². The minimum Gasteiger partial charge on any atom is -0.345 e. The van der Waals surface area contributed by atoms with Gasteiger partial charge in [0, 0.05) is 5.54 Å². The van der Waals surface area contributed by atoms with Gasteiger partial charge in [0.1, 0.15) is 0 Å². The van der Waals surface area contributed by atoms with E-state index in [0.717, 1.165) is 23.9 Å².